The van der Waals surface area contributed by atoms with E-state index in [0.29, 0.717) is 5.41 Å². The lowest BCUT2D eigenvalue weighted by Crippen LogP contribution is -2.38. The molecule has 0 bridgehead atoms. The van der Waals surface area contributed by atoms with Crippen LogP contribution in [0.4, 0.5) is 0 Å². The number of nitrogens with zero attached hydrogens (tertiary/aromatic N) is 1. The largest absolute Gasteiger partial charge is 0.342 e. The Bertz CT molecular complexity index is 213. The molecular weight excluding hydrogens is 162 g/mol. The van der Waals surface area contributed by atoms with Gasteiger partial charge in [-0.1, -0.05) is 34.6 Å². The van der Waals surface area contributed by atoms with E-state index in [-0.39, 0.29) is 11.3 Å². The van der Waals surface area contributed by atoms with Gasteiger partial charge in [-0.05, 0) is 11.8 Å². The number of likely N-dealkylation sites (tertiary alicyclic amines) is 1. The van der Waals surface area contributed by atoms with Crippen molar-refractivity contribution in [2.75, 3.05) is 13.1 Å². The van der Waals surface area contributed by atoms with Gasteiger partial charge < -0.3 is 4.90 Å². The van der Waals surface area contributed by atoms with Gasteiger partial charge in [0.25, 0.3) is 0 Å². The highest BCUT2D eigenvalue weighted by molar-refractivity contribution is 5.81. The molecule has 0 saturated carbocycles. The second-order valence-corrected chi connectivity index (χ2v) is 5.89. The summed E-state index contributed by atoms with van der Waals surface area (Å²) in [6.45, 7) is 12.3. The Morgan fingerprint density at radius 1 is 1.31 bits per heavy atom. The average molecular weight is 183 g/mol. The molecule has 13 heavy (non-hydrogen) atoms. The van der Waals surface area contributed by atoms with Gasteiger partial charge in [-0.15, -0.1) is 0 Å². The molecule has 1 heterocycles. The molecule has 0 spiro atoms. The first-order valence-corrected chi connectivity index (χ1v) is 5.02. The molecule has 0 aromatic carbocycles. The zero-order valence-electron chi connectivity index (χ0n) is 9.48. The minimum Gasteiger partial charge on any atom is -0.342 e. The van der Waals surface area contributed by atoms with Gasteiger partial charge in [0.1, 0.15) is 0 Å². The van der Waals surface area contributed by atoms with Gasteiger partial charge in [0.2, 0.25) is 5.91 Å². The third-order valence-corrected chi connectivity index (χ3v) is 2.61. The Labute approximate surface area is 81.3 Å². The molecule has 1 aliphatic heterocycles. The van der Waals surface area contributed by atoms with Crippen LogP contribution in [0.25, 0.3) is 0 Å². The van der Waals surface area contributed by atoms with Gasteiger partial charge in [-0.2, -0.15) is 0 Å². The zero-order chi connectivity index (χ0) is 10.3. The molecule has 76 valence electrons. The summed E-state index contributed by atoms with van der Waals surface area (Å²) in [6, 6.07) is 0. The standard InChI is InChI=1S/C11H21NO/c1-10(2,3)9(13)12-7-6-11(4,5)8-12/h6-8H2,1-5H3. The molecule has 1 amide bonds. The van der Waals surface area contributed by atoms with Crippen LogP contribution < -0.4 is 0 Å². The highest BCUT2D eigenvalue weighted by Crippen LogP contribution is 2.31. The molecule has 0 unspecified atom stereocenters. The number of carbonyl (C=O) groups excluding carboxylic acids is 1. The van der Waals surface area contributed by atoms with Gasteiger partial charge in [0.15, 0.2) is 0 Å². The van der Waals surface area contributed by atoms with E-state index in [1.165, 1.54) is 0 Å². The maximum atomic E-state index is 11.9. The molecule has 0 aromatic heterocycles. The number of rotatable bonds is 0. The van der Waals surface area contributed by atoms with Crippen molar-refractivity contribution in [2.45, 2.75) is 41.0 Å². The third-order valence-electron chi connectivity index (χ3n) is 2.61. The minimum atomic E-state index is -0.222. The maximum absolute atomic E-state index is 11.9. The van der Waals surface area contributed by atoms with E-state index < -0.39 is 0 Å². The van der Waals surface area contributed by atoms with Crippen molar-refractivity contribution in [1.82, 2.24) is 4.90 Å². The first-order valence-electron chi connectivity index (χ1n) is 5.02. The monoisotopic (exact) mass is 183 g/mol. The molecular formula is C11H21NO. The molecule has 0 aliphatic carbocycles. The Balaban J connectivity index is 2.62. The van der Waals surface area contributed by atoms with Crippen molar-refractivity contribution in [3.05, 3.63) is 0 Å². The Morgan fingerprint density at radius 2 is 1.85 bits per heavy atom. The lowest BCUT2D eigenvalue weighted by atomic mass is 9.92. The normalized spacial score (nSPS) is 22.1. The molecule has 2 heteroatoms. The van der Waals surface area contributed by atoms with Crippen molar-refractivity contribution >= 4 is 5.91 Å². The van der Waals surface area contributed by atoms with Crippen LogP contribution in [0.5, 0.6) is 0 Å². The lowest BCUT2D eigenvalue weighted by Gasteiger charge is -2.26. The van der Waals surface area contributed by atoms with Crippen LogP contribution >= 0.6 is 0 Å². The van der Waals surface area contributed by atoms with Crippen LogP contribution in [0.2, 0.25) is 0 Å². The number of hydrogen-bond donors (Lipinski definition) is 0. The number of amides is 1. The minimum absolute atomic E-state index is 0.222. The van der Waals surface area contributed by atoms with Crippen molar-refractivity contribution in [3.63, 3.8) is 0 Å². The van der Waals surface area contributed by atoms with Gasteiger partial charge in [0, 0.05) is 18.5 Å². The van der Waals surface area contributed by atoms with E-state index in [2.05, 4.69) is 13.8 Å². The molecule has 1 fully saturated rings. The second kappa shape index (κ2) is 3.00. The van der Waals surface area contributed by atoms with E-state index in [4.69, 9.17) is 0 Å². The van der Waals surface area contributed by atoms with Crippen LogP contribution in [0.15, 0.2) is 0 Å². The summed E-state index contributed by atoms with van der Waals surface area (Å²) in [6.07, 6.45) is 1.13. The van der Waals surface area contributed by atoms with Crippen molar-refractivity contribution in [3.8, 4) is 0 Å². The molecule has 0 N–H and O–H groups in total. The third kappa shape index (κ3) is 2.45. The highest BCUT2D eigenvalue weighted by atomic mass is 16.2. The Hall–Kier alpha value is -0.530. The Kier molecular flexibility index (Phi) is 2.44. The van der Waals surface area contributed by atoms with Crippen molar-refractivity contribution in [1.29, 1.82) is 0 Å². The fraction of sp³-hybridized carbons (Fsp3) is 0.909. The quantitative estimate of drug-likeness (QED) is 0.564. The van der Waals surface area contributed by atoms with Crippen LogP contribution in [-0.4, -0.2) is 23.9 Å². The molecule has 0 atom stereocenters. The molecule has 1 aliphatic rings. The maximum Gasteiger partial charge on any atom is 0.227 e. The summed E-state index contributed by atoms with van der Waals surface area (Å²) in [5.41, 5.74) is 0.0985. The first kappa shape index (κ1) is 10.6. The lowest BCUT2D eigenvalue weighted by molar-refractivity contribution is -0.138. The zero-order valence-corrected chi connectivity index (χ0v) is 9.48. The van der Waals surface area contributed by atoms with Gasteiger partial charge >= 0.3 is 0 Å². The van der Waals surface area contributed by atoms with Crippen LogP contribution in [0.3, 0.4) is 0 Å². The Morgan fingerprint density at radius 3 is 2.15 bits per heavy atom. The smallest absolute Gasteiger partial charge is 0.227 e. The van der Waals surface area contributed by atoms with E-state index >= 15 is 0 Å². The average Bonchev–Trinajstić information content (AvgIpc) is 2.26. The SMILES string of the molecule is CC1(C)CCN(C(=O)C(C)(C)C)C1. The molecule has 0 radical (unpaired) electrons. The fourth-order valence-corrected chi connectivity index (χ4v) is 1.76. The molecule has 2 nitrogen and oxygen atoms in total. The van der Waals surface area contributed by atoms with E-state index in [9.17, 15) is 4.79 Å². The topological polar surface area (TPSA) is 20.3 Å². The molecule has 0 aromatic rings. The summed E-state index contributed by atoms with van der Waals surface area (Å²) in [7, 11) is 0. The van der Waals surface area contributed by atoms with Gasteiger partial charge in [-0.3, -0.25) is 4.79 Å². The fourth-order valence-electron chi connectivity index (χ4n) is 1.76. The van der Waals surface area contributed by atoms with Crippen LogP contribution in [0, 0.1) is 10.8 Å². The first-order chi connectivity index (χ1) is 5.72. The van der Waals surface area contributed by atoms with Crippen molar-refractivity contribution in [2.24, 2.45) is 10.8 Å². The number of carbonyl (C=O) groups is 1. The van der Waals surface area contributed by atoms with Crippen molar-refractivity contribution < 1.29 is 4.79 Å². The summed E-state index contributed by atoms with van der Waals surface area (Å²) in [5, 5.41) is 0. The van der Waals surface area contributed by atoms with E-state index in [1.807, 2.05) is 25.7 Å². The predicted octanol–water partition coefficient (Wildman–Crippen LogP) is 2.29. The number of hydrogen-bond acceptors (Lipinski definition) is 1. The predicted molar refractivity (Wildman–Crippen MR) is 54.4 cm³/mol. The summed E-state index contributed by atoms with van der Waals surface area (Å²) in [4.78, 5) is 13.9. The molecule has 1 rings (SSSR count). The summed E-state index contributed by atoms with van der Waals surface area (Å²) in [5.74, 6) is 0.290. The van der Waals surface area contributed by atoms with Gasteiger partial charge in [-0.25, -0.2) is 0 Å². The van der Waals surface area contributed by atoms with Gasteiger partial charge in [0.05, 0.1) is 0 Å². The second-order valence-electron chi connectivity index (χ2n) is 5.89. The molecule has 1 saturated heterocycles. The summed E-state index contributed by atoms with van der Waals surface area (Å²) >= 11 is 0. The van der Waals surface area contributed by atoms with E-state index in [0.717, 1.165) is 19.5 Å². The summed E-state index contributed by atoms with van der Waals surface area (Å²) < 4.78 is 0. The van der Waals surface area contributed by atoms with Crippen LogP contribution in [0.1, 0.15) is 41.0 Å². The van der Waals surface area contributed by atoms with Crippen LogP contribution in [-0.2, 0) is 4.79 Å². The van der Waals surface area contributed by atoms with E-state index in [1.54, 1.807) is 0 Å². The highest BCUT2D eigenvalue weighted by Gasteiger charge is 2.36.